The SMILES string of the molecule is COS(=O)(=O)O.COc1cc2c[n+](C)c3c4cc5c(cc4ccc3c2cc1OC)OCO5. The topological polar surface area (TPSA) is 104 Å². The lowest BCUT2D eigenvalue weighted by Gasteiger charge is -2.11. The molecule has 0 bridgehead atoms. The van der Waals surface area contributed by atoms with Gasteiger partial charge in [0.1, 0.15) is 7.05 Å². The Morgan fingerprint density at radius 2 is 1.50 bits per heavy atom. The quantitative estimate of drug-likeness (QED) is 0.283. The molecule has 0 spiro atoms. The second-order valence-electron chi connectivity index (χ2n) is 7.02. The normalized spacial score (nSPS) is 12.7. The van der Waals surface area contributed by atoms with Gasteiger partial charge in [0.15, 0.2) is 29.2 Å². The largest absolute Gasteiger partial charge is 0.493 e. The molecule has 1 aromatic heterocycles. The molecule has 3 aromatic carbocycles. The van der Waals surface area contributed by atoms with Crippen LogP contribution < -0.4 is 23.5 Å². The number of fused-ring (bicyclic) bond motifs is 6. The molecule has 0 unspecified atom stereocenters. The first-order chi connectivity index (χ1) is 15.3. The molecule has 4 aromatic rings. The predicted molar refractivity (Wildman–Crippen MR) is 118 cm³/mol. The van der Waals surface area contributed by atoms with Crippen LogP contribution >= 0.6 is 0 Å². The van der Waals surface area contributed by atoms with Gasteiger partial charge in [0.25, 0.3) is 0 Å². The summed E-state index contributed by atoms with van der Waals surface area (Å²) >= 11 is 0. The number of pyridine rings is 1. The Morgan fingerprint density at radius 3 is 2.12 bits per heavy atom. The van der Waals surface area contributed by atoms with Gasteiger partial charge in [0.2, 0.25) is 12.3 Å². The van der Waals surface area contributed by atoms with Crippen LogP contribution in [0.2, 0.25) is 0 Å². The van der Waals surface area contributed by atoms with Crippen LogP contribution in [0, 0.1) is 0 Å². The summed E-state index contributed by atoms with van der Waals surface area (Å²) in [6.07, 6.45) is 2.11. The maximum Gasteiger partial charge on any atom is 0.397 e. The Morgan fingerprint density at radius 1 is 0.875 bits per heavy atom. The van der Waals surface area contributed by atoms with Crippen molar-refractivity contribution in [3.8, 4) is 23.0 Å². The molecular weight excluding hydrogens is 438 g/mol. The smallest absolute Gasteiger partial charge is 0.397 e. The van der Waals surface area contributed by atoms with E-state index in [1.165, 1.54) is 0 Å². The summed E-state index contributed by atoms with van der Waals surface area (Å²) in [5.41, 5.74) is 1.14. The molecule has 0 amide bonds. The fourth-order valence-electron chi connectivity index (χ4n) is 3.80. The average molecular weight is 460 g/mol. The van der Waals surface area contributed by atoms with Crippen molar-refractivity contribution in [3.05, 3.63) is 42.6 Å². The molecule has 32 heavy (non-hydrogen) atoms. The minimum Gasteiger partial charge on any atom is -0.493 e. The molecule has 0 fully saturated rings. The summed E-state index contributed by atoms with van der Waals surface area (Å²) < 4.78 is 53.9. The first-order valence-electron chi connectivity index (χ1n) is 9.49. The predicted octanol–water partition coefficient (Wildman–Crippen LogP) is 3.15. The summed E-state index contributed by atoms with van der Waals surface area (Å²) in [5, 5.41) is 5.62. The van der Waals surface area contributed by atoms with Crippen molar-refractivity contribution >= 4 is 42.8 Å². The number of ether oxygens (including phenoxy) is 4. The lowest BCUT2D eigenvalue weighted by Crippen LogP contribution is -2.28. The zero-order valence-corrected chi connectivity index (χ0v) is 18.7. The Balaban J connectivity index is 0.000000363. The van der Waals surface area contributed by atoms with Crippen molar-refractivity contribution in [2.45, 2.75) is 0 Å². The number of rotatable bonds is 3. The van der Waals surface area contributed by atoms with Crippen molar-refractivity contribution in [2.24, 2.45) is 7.05 Å². The van der Waals surface area contributed by atoms with E-state index >= 15 is 0 Å². The zero-order valence-electron chi connectivity index (χ0n) is 17.9. The third-order valence-electron chi connectivity index (χ3n) is 5.23. The summed E-state index contributed by atoms with van der Waals surface area (Å²) in [5.74, 6) is 3.04. The van der Waals surface area contributed by atoms with Crippen molar-refractivity contribution in [3.63, 3.8) is 0 Å². The van der Waals surface area contributed by atoms with Gasteiger partial charge >= 0.3 is 10.4 Å². The van der Waals surface area contributed by atoms with E-state index in [1.807, 2.05) is 18.2 Å². The molecule has 10 heteroatoms. The number of aryl methyl sites for hydroxylation is 1. The minimum atomic E-state index is -4.16. The molecular formula is C22H22NO8S+. The Bertz CT molecular complexity index is 1450. The van der Waals surface area contributed by atoms with E-state index < -0.39 is 10.4 Å². The van der Waals surface area contributed by atoms with Crippen LogP contribution in [-0.4, -0.2) is 41.1 Å². The van der Waals surface area contributed by atoms with Crippen LogP contribution in [0.15, 0.2) is 42.6 Å². The maximum absolute atomic E-state index is 9.33. The van der Waals surface area contributed by atoms with E-state index in [1.54, 1.807) is 14.2 Å². The van der Waals surface area contributed by atoms with Gasteiger partial charge in [-0.05, 0) is 35.7 Å². The van der Waals surface area contributed by atoms with E-state index in [9.17, 15) is 8.42 Å². The van der Waals surface area contributed by atoms with E-state index in [4.69, 9.17) is 23.5 Å². The van der Waals surface area contributed by atoms with Gasteiger partial charge in [0, 0.05) is 5.39 Å². The van der Waals surface area contributed by atoms with Crippen molar-refractivity contribution in [2.75, 3.05) is 28.1 Å². The van der Waals surface area contributed by atoms with Gasteiger partial charge < -0.3 is 18.9 Å². The van der Waals surface area contributed by atoms with E-state index in [0.29, 0.717) is 0 Å². The number of nitrogens with zero attached hydrogens (tertiary/aromatic N) is 1. The first-order valence-corrected chi connectivity index (χ1v) is 10.9. The molecule has 0 radical (unpaired) electrons. The molecule has 5 rings (SSSR count). The van der Waals surface area contributed by atoms with Gasteiger partial charge in [-0.3, -0.25) is 8.74 Å². The van der Waals surface area contributed by atoms with Crippen LogP contribution in [0.4, 0.5) is 0 Å². The number of hydrogen-bond donors (Lipinski definition) is 1. The second kappa shape index (κ2) is 8.30. The average Bonchev–Trinajstić information content (AvgIpc) is 3.23. The fourth-order valence-corrected chi connectivity index (χ4v) is 3.80. The molecule has 1 aliphatic rings. The number of methoxy groups -OCH3 is 2. The molecule has 9 nitrogen and oxygen atoms in total. The maximum atomic E-state index is 9.33. The van der Waals surface area contributed by atoms with E-state index in [2.05, 4.69) is 40.2 Å². The molecule has 1 N–H and O–H groups in total. The minimum absolute atomic E-state index is 0.273. The Hall–Kier alpha value is -3.34. The Kier molecular flexibility index (Phi) is 5.68. The lowest BCUT2D eigenvalue weighted by molar-refractivity contribution is -0.642. The Labute approximate surface area is 184 Å². The van der Waals surface area contributed by atoms with Crippen LogP contribution in [0.5, 0.6) is 23.0 Å². The van der Waals surface area contributed by atoms with E-state index in [0.717, 1.165) is 62.6 Å². The molecule has 0 saturated carbocycles. The lowest BCUT2D eigenvalue weighted by atomic mass is 10.0. The van der Waals surface area contributed by atoms with Crippen LogP contribution in [0.3, 0.4) is 0 Å². The highest BCUT2D eigenvalue weighted by Crippen LogP contribution is 2.40. The van der Waals surface area contributed by atoms with Crippen LogP contribution in [0.25, 0.3) is 32.4 Å². The van der Waals surface area contributed by atoms with E-state index in [-0.39, 0.29) is 6.79 Å². The highest BCUT2D eigenvalue weighted by atomic mass is 32.3. The van der Waals surface area contributed by atoms with Crippen molar-refractivity contribution in [1.82, 2.24) is 0 Å². The standard InChI is InChI=1S/C21H18NO4.CH4O4S/c1-22-10-13-7-17(23-2)18(24-3)8-15(13)14-5-4-12-6-19-20(26-11-25-19)9-16(12)21(14)22;1-5-6(2,3)4/h4-10H,11H2,1-3H3;1H3,(H,2,3,4)/q+1;. The summed E-state index contributed by atoms with van der Waals surface area (Å²) in [7, 11) is 2.08. The van der Waals surface area contributed by atoms with Gasteiger partial charge in [-0.2, -0.15) is 13.0 Å². The highest BCUT2D eigenvalue weighted by Gasteiger charge is 2.20. The van der Waals surface area contributed by atoms with Crippen molar-refractivity contribution in [1.29, 1.82) is 0 Å². The molecule has 0 atom stereocenters. The van der Waals surface area contributed by atoms with Gasteiger partial charge in [-0.15, -0.1) is 0 Å². The van der Waals surface area contributed by atoms with Gasteiger partial charge in [-0.1, -0.05) is 6.07 Å². The highest BCUT2D eigenvalue weighted by molar-refractivity contribution is 7.80. The summed E-state index contributed by atoms with van der Waals surface area (Å²) in [6, 6.07) is 12.4. The zero-order chi connectivity index (χ0) is 23.0. The van der Waals surface area contributed by atoms with Gasteiger partial charge in [-0.25, -0.2) is 0 Å². The monoisotopic (exact) mass is 460 g/mol. The number of benzene rings is 3. The second-order valence-corrected chi connectivity index (χ2v) is 8.21. The molecule has 0 aliphatic carbocycles. The number of aromatic nitrogens is 1. The third-order valence-corrected chi connectivity index (χ3v) is 5.65. The molecule has 2 heterocycles. The van der Waals surface area contributed by atoms with Crippen LogP contribution in [-0.2, 0) is 21.6 Å². The first kappa shape index (κ1) is 21.9. The summed E-state index contributed by atoms with van der Waals surface area (Å²) in [4.78, 5) is 0. The summed E-state index contributed by atoms with van der Waals surface area (Å²) in [6.45, 7) is 0.273. The third kappa shape index (κ3) is 3.95. The fraction of sp³-hybridized carbons (Fsp3) is 0.227. The van der Waals surface area contributed by atoms with Gasteiger partial charge in [0.05, 0.1) is 37.5 Å². The molecule has 1 aliphatic heterocycles. The molecule has 168 valence electrons. The number of hydrogen-bond acceptors (Lipinski definition) is 7. The van der Waals surface area contributed by atoms with Crippen LogP contribution in [0.1, 0.15) is 0 Å². The van der Waals surface area contributed by atoms with Crippen molar-refractivity contribution < 1.29 is 40.7 Å². The molecule has 0 saturated heterocycles.